The molecule has 0 aliphatic rings. The Morgan fingerprint density at radius 3 is 1.93 bits per heavy atom. The summed E-state index contributed by atoms with van der Waals surface area (Å²) in [6.45, 7) is 3.43. The van der Waals surface area contributed by atoms with E-state index in [4.69, 9.17) is 9.47 Å². The molecule has 0 N–H and O–H groups in total. The summed E-state index contributed by atoms with van der Waals surface area (Å²) in [6.07, 6.45) is 1.27. The van der Waals surface area contributed by atoms with Gasteiger partial charge in [-0.15, -0.1) is 15.7 Å². The number of thiazole rings is 1. The smallest absolute Gasteiger partial charge is 0.285 e. The van der Waals surface area contributed by atoms with Gasteiger partial charge in [0.25, 0.3) is 20.0 Å². The Bertz CT molecular complexity index is 1370. The van der Waals surface area contributed by atoms with E-state index in [1.165, 1.54) is 56.1 Å². The van der Waals surface area contributed by atoms with Crippen LogP contribution in [0.25, 0.3) is 0 Å². The summed E-state index contributed by atoms with van der Waals surface area (Å²) >= 11 is 0.905. The van der Waals surface area contributed by atoms with Crippen LogP contribution in [0, 0.1) is 13.8 Å². The normalized spacial score (nSPS) is 12.7. The molecule has 2 aromatic carbocycles. The number of sulfonamides is 1. The number of benzene rings is 2. The second-order valence-electron chi connectivity index (χ2n) is 6.32. The van der Waals surface area contributed by atoms with Crippen LogP contribution in [-0.4, -0.2) is 35.0 Å². The van der Waals surface area contributed by atoms with Crippen LogP contribution in [0.5, 0.6) is 11.5 Å². The third kappa shape index (κ3) is 4.13. The topological polar surface area (TPSA) is 104 Å². The van der Waals surface area contributed by atoms with Crippen molar-refractivity contribution in [2.45, 2.75) is 23.6 Å². The standard InChI is InChI=1S/C19H20N2O6S3/c1-13-11-15(5-7-17(13)26-3)29(22,23)20-19-21(9-10-28-19)30(24,25)16-6-8-18(27-4)14(2)12-16/h5-12H,1-4H3. The van der Waals surface area contributed by atoms with Crippen LogP contribution in [0.2, 0.25) is 0 Å². The second-order valence-corrected chi connectivity index (χ2v) is 10.6. The van der Waals surface area contributed by atoms with Crippen LogP contribution >= 0.6 is 11.3 Å². The lowest BCUT2D eigenvalue weighted by atomic mass is 10.2. The van der Waals surface area contributed by atoms with Crippen molar-refractivity contribution < 1.29 is 26.3 Å². The van der Waals surface area contributed by atoms with E-state index in [2.05, 4.69) is 4.40 Å². The molecule has 0 atom stereocenters. The SMILES string of the molecule is COc1ccc(S(=O)(=O)N=c2sccn2S(=O)(=O)c2ccc(OC)c(C)c2)cc1C. The number of aromatic nitrogens is 1. The Kier molecular flexibility index (Phi) is 6.06. The lowest BCUT2D eigenvalue weighted by Gasteiger charge is -2.09. The molecule has 0 aliphatic heterocycles. The summed E-state index contributed by atoms with van der Waals surface area (Å²) in [7, 11) is -5.21. The molecule has 0 fully saturated rings. The third-order valence-electron chi connectivity index (χ3n) is 4.34. The summed E-state index contributed by atoms with van der Waals surface area (Å²) in [6, 6.07) is 8.72. The molecule has 11 heteroatoms. The quantitative estimate of drug-likeness (QED) is 0.551. The van der Waals surface area contributed by atoms with E-state index in [1.54, 1.807) is 19.9 Å². The zero-order valence-corrected chi connectivity index (χ0v) is 19.1. The van der Waals surface area contributed by atoms with Crippen molar-refractivity contribution in [2.24, 2.45) is 4.40 Å². The van der Waals surface area contributed by atoms with Crippen molar-refractivity contribution in [3.05, 3.63) is 63.9 Å². The van der Waals surface area contributed by atoms with Gasteiger partial charge >= 0.3 is 0 Å². The van der Waals surface area contributed by atoms with Gasteiger partial charge < -0.3 is 9.47 Å². The third-order valence-corrected chi connectivity index (χ3v) is 8.26. The summed E-state index contributed by atoms with van der Waals surface area (Å²) in [5.41, 5.74) is 1.25. The molecule has 3 rings (SSSR count). The Hall–Kier alpha value is -2.63. The second kappa shape index (κ2) is 8.25. The molecule has 1 heterocycles. The Morgan fingerprint density at radius 1 is 0.867 bits per heavy atom. The van der Waals surface area contributed by atoms with Gasteiger partial charge in [-0.05, 0) is 61.4 Å². The van der Waals surface area contributed by atoms with Crippen molar-refractivity contribution in [1.29, 1.82) is 0 Å². The fourth-order valence-electron chi connectivity index (χ4n) is 2.80. The van der Waals surface area contributed by atoms with E-state index >= 15 is 0 Å². The van der Waals surface area contributed by atoms with Gasteiger partial charge in [-0.25, -0.2) is 12.4 Å². The van der Waals surface area contributed by atoms with Crippen molar-refractivity contribution in [1.82, 2.24) is 3.97 Å². The minimum atomic E-state index is -4.14. The highest BCUT2D eigenvalue weighted by molar-refractivity contribution is 7.90. The summed E-state index contributed by atoms with van der Waals surface area (Å²) in [5.74, 6) is 1.09. The van der Waals surface area contributed by atoms with Crippen molar-refractivity contribution in [3.8, 4) is 11.5 Å². The van der Waals surface area contributed by atoms with Crippen molar-refractivity contribution >= 4 is 31.4 Å². The number of hydrogen-bond acceptors (Lipinski definition) is 7. The maximum absolute atomic E-state index is 13.1. The molecule has 8 nitrogen and oxygen atoms in total. The first-order chi connectivity index (χ1) is 14.1. The molecule has 0 saturated carbocycles. The first-order valence-electron chi connectivity index (χ1n) is 8.62. The first kappa shape index (κ1) is 22.1. The van der Waals surface area contributed by atoms with Crippen molar-refractivity contribution in [3.63, 3.8) is 0 Å². The van der Waals surface area contributed by atoms with Crippen LogP contribution in [0.4, 0.5) is 0 Å². The lowest BCUT2D eigenvalue weighted by Crippen LogP contribution is -2.24. The van der Waals surface area contributed by atoms with Crippen LogP contribution in [-0.2, 0) is 20.0 Å². The Labute approximate surface area is 179 Å². The Balaban J connectivity index is 2.11. The zero-order valence-electron chi connectivity index (χ0n) is 16.7. The average Bonchev–Trinajstić information content (AvgIpc) is 3.16. The van der Waals surface area contributed by atoms with E-state index in [-0.39, 0.29) is 14.6 Å². The highest BCUT2D eigenvalue weighted by Gasteiger charge is 2.21. The molecular formula is C19H20N2O6S3. The van der Waals surface area contributed by atoms with E-state index in [0.29, 0.717) is 22.6 Å². The fraction of sp³-hybridized carbons (Fsp3) is 0.211. The zero-order chi connectivity index (χ0) is 22.1. The van der Waals surface area contributed by atoms with Crippen molar-refractivity contribution in [2.75, 3.05) is 14.2 Å². The molecule has 0 radical (unpaired) electrons. The van der Waals surface area contributed by atoms with E-state index < -0.39 is 20.0 Å². The minimum absolute atomic E-state index is 0.00154. The maximum atomic E-state index is 13.1. The average molecular weight is 469 g/mol. The van der Waals surface area contributed by atoms with E-state index in [0.717, 1.165) is 15.3 Å². The monoisotopic (exact) mass is 468 g/mol. The van der Waals surface area contributed by atoms with E-state index in [1.807, 2.05) is 0 Å². The van der Waals surface area contributed by atoms with Gasteiger partial charge in [0.15, 0.2) is 0 Å². The first-order valence-corrected chi connectivity index (χ1v) is 12.4. The van der Waals surface area contributed by atoms with Crippen LogP contribution in [0.15, 0.2) is 62.2 Å². The molecule has 0 spiro atoms. The van der Waals surface area contributed by atoms with Gasteiger partial charge in [-0.1, -0.05) is 0 Å². The number of rotatable bonds is 6. The predicted molar refractivity (Wildman–Crippen MR) is 113 cm³/mol. The molecule has 30 heavy (non-hydrogen) atoms. The molecular weight excluding hydrogens is 448 g/mol. The molecule has 0 saturated heterocycles. The number of nitrogens with zero attached hydrogens (tertiary/aromatic N) is 2. The van der Waals surface area contributed by atoms with Crippen LogP contribution in [0.3, 0.4) is 0 Å². The molecule has 0 aliphatic carbocycles. The number of aryl methyl sites for hydroxylation is 2. The highest BCUT2D eigenvalue weighted by atomic mass is 32.2. The van der Waals surface area contributed by atoms with Gasteiger partial charge in [-0.2, -0.15) is 8.42 Å². The molecule has 0 unspecified atom stereocenters. The summed E-state index contributed by atoms with van der Waals surface area (Å²) in [4.78, 5) is -0.242. The molecule has 160 valence electrons. The summed E-state index contributed by atoms with van der Waals surface area (Å²) in [5, 5.41) is 1.46. The van der Waals surface area contributed by atoms with E-state index in [9.17, 15) is 16.8 Å². The fourth-order valence-corrected chi connectivity index (χ4v) is 6.51. The lowest BCUT2D eigenvalue weighted by molar-refractivity contribution is 0.411. The van der Waals surface area contributed by atoms with Crippen LogP contribution in [0.1, 0.15) is 11.1 Å². The molecule has 0 amide bonds. The molecule has 1 aromatic heterocycles. The van der Waals surface area contributed by atoms with Gasteiger partial charge in [0, 0.05) is 11.6 Å². The van der Waals surface area contributed by atoms with Gasteiger partial charge in [-0.3, -0.25) is 0 Å². The van der Waals surface area contributed by atoms with Gasteiger partial charge in [0.2, 0.25) is 4.80 Å². The molecule has 3 aromatic rings. The van der Waals surface area contributed by atoms with Gasteiger partial charge in [0.05, 0.1) is 24.0 Å². The Morgan fingerprint density at radius 2 is 1.40 bits per heavy atom. The largest absolute Gasteiger partial charge is 0.496 e. The maximum Gasteiger partial charge on any atom is 0.285 e. The highest BCUT2D eigenvalue weighted by Crippen LogP contribution is 2.24. The van der Waals surface area contributed by atoms with Gasteiger partial charge in [0.1, 0.15) is 11.5 Å². The number of methoxy groups -OCH3 is 2. The number of hydrogen-bond donors (Lipinski definition) is 0. The molecule has 0 bridgehead atoms. The van der Waals surface area contributed by atoms with Crippen LogP contribution < -0.4 is 14.3 Å². The number of ether oxygens (including phenoxy) is 2. The predicted octanol–water partition coefficient (Wildman–Crippen LogP) is 2.71. The summed E-state index contributed by atoms with van der Waals surface area (Å²) < 4.78 is 66.7. The minimum Gasteiger partial charge on any atom is -0.496 e.